The first-order chi connectivity index (χ1) is 16.5. The van der Waals surface area contributed by atoms with Gasteiger partial charge in [0.25, 0.3) is 0 Å². The van der Waals surface area contributed by atoms with Crippen molar-refractivity contribution in [1.29, 1.82) is 0 Å². The Morgan fingerprint density at radius 1 is 0.912 bits per heavy atom. The molecule has 0 atom stereocenters. The van der Waals surface area contributed by atoms with Gasteiger partial charge in [0, 0.05) is 18.7 Å². The second-order valence-electron chi connectivity index (χ2n) is 7.82. The molecule has 0 N–H and O–H groups in total. The summed E-state index contributed by atoms with van der Waals surface area (Å²) in [5.74, 6) is -0.370. The number of para-hydroxylation sites is 2. The lowest BCUT2D eigenvalue weighted by Crippen LogP contribution is -2.14. The van der Waals surface area contributed by atoms with E-state index in [1.165, 1.54) is 0 Å². The number of nitrogens with zero attached hydrogens (tertiary/aromatic N) is 3. The maximum absolute atomic E-state index is 13.3. The highest BCUT2D eigenvalue weighted by atomic mass is 35.5. The highest BCUT2D eigenvalue weighted by molar-refractivity contribution is 6.33. The Bertz CT molecular complexity index is 1550. The predicted octanol–water partition coefficient (Wildman–Crippen LogP) is 5.52. The van der Waals surface area contributed by atoms with Crippen molar-refractivity contribution >= 4 is 17.6 Å². The van der Waals surface area contributed by atoms with E-state index in [4.69, 9.17) is 21.3 Å². The molecule has 0 saturated carbocycles. The van der Waals surface area contributed by atoms with E-state index in [-0.39, 0.29) is 22.4 Å². The van der Waals surface area contributed by atoms with Gasteiger partial charge in [-0.2, -0.15) is 0 Å². The highest BCUT2D eigenvalue weighted by Crippen LogP contribution is 2.33. The van der Waals surface area contributed by atoms with Crippen LogP contribution in [0.2, 0.25) is 5.02 Å². The summed E-state index contributed by atoms with van der Waals surface area (Å²) >= 11 is 6.15. The van der Waals surface area contributed by atoms with Crippen molar-refractivity contribution in [3.8, 4) is 34.1 Å². The van der Waals surface area contributed by atoms with Gasteiger partial charge in [0.1, 0.15) is 17.1 Å². The Kier molecular flexibility index (Phi) is 5.51. The first-order valence-corrected chi connectivity index (χ1v) is 11.0. The minimum atomic E-state index is -0.607. The first-order valence-electron chi connectivity index (χ1n) is 10.7. The maximum Gasteiger partial charge on any atom is 0.345 e. The zero-order valence-electron chi connectivity index (χ0n) is 18.5. The van der Waals surface area contributed by atoms with E-state index < -0.39 is 5.97 Å². The molecule has 5 rings (SSSR count). The van der Waals surface area contributed by atoms with Crippen molar-refractivity contribution in [3.05, 3.63) is 111 Å². The molecule has 0 amide bonds. The van der Waals surface area contributed by atoms with Gasteiger partial charge in [0.15, 0.2) is 0 Å². The normalized spacial score (nSPS) is 11.0. The molecule has 168 valence electrons. The van der Waals surface area contributed by atoms with Crippen molar-refractivity contribution in [2.45, 2.75) is 6.92 Å². The molecule has 0 spiro atoms. The van der Waals surface area contributed by atoms with E-state index in [1.807, 2.05) is 53.7 Å². The fourth-order valence-electron chi connectivity index (χ4n) is 3.98. The Morgan fingerprint density at radius 3 is 2.35 bits per heavy atom. The van der Waals surface area contributed by atoms with Crippen LogP contribution in [0.1, 0.15) is 16.1 Å². The smallest absolute Gasteiger partial charge is 0.345 e. The van der Waals surface area contributed by atoms with Gasteiger partial charge in [0.2, 0.25) is 5.43 Å². The van der Waals surface area contributed by atoms with Gasteiger partial charge in [-0.15, -0.1) is 0 Å². The number of esters is 1. The molecule has 3 aromatic carbocycles. The van der Waals surface area contributed by atoms with Crippen LogP contribution in [0.25, 0.3) is 28.3 Å². The maximum atomic E-state index is 13.3. The SMILES string of the molecule is Cc1c2nc(-c3ccccc3OC(=O)c3ccccc3Cl)c(=O)cc-2n(-c2ccccc2)n1C. The van der Waals surface area contributed by atoms with Crippen LogP contribution in [0.3, 0.4) is 0 Å². The zero-order valence-corrected chi connectivity index (χ0v) is 19.3. The molecule has 6 nitrogen and oxygen atoms in total. The fourth-order valence-corrected chi connectivity index (χ4v) is 4.20. The van der Waals surface area contributed by atoms with Gasteiger partial charge >= 0.3 is 5.97 Å². The average Bonchev–Trinajstić information content (AvgIpc) is 3.08. The molecule has 0 fully saturated rings. The summed E-state index contributed by atoms with van der Waals surface area (Å²) in [5, 5.41) is 0.291. The van der Waals surface area contributed by atoms with Crippen LogP contribution in [0.5, 0.6) is 5.75 Å². The monoisotopic (exact) mass is 469 g/mol. The van der Waals surface area contributed by atoms with Crippen molar-refractivity contribution < 1.29 is 9.53 Å². The lowest BCUT2D eigenvalue weighted by Gasteiger charge is -2.12. The predicted molar refractivity (Wildman–Crippen MR) is 132 cm³/mol. The van der Waals surface area contributed by atoms with Crippen molar-refractivity contribution in [2.75, 3.05) is 0 Å². The molecule has 0 radical (unpaired) electrons. The summed E-state index contributed by atoms with van der Waals surface area (Å²) in [6, 6.07) is 24.9. The molecular formula is C27H20ClN3O3. The number of carbonyl (C=O) groups excluding carboxylic acids is 1. The molecule has 0 bridgehead atoms. The van der Waals surface area contributed by atoms with Crippen molar-refractivity contribution in [2.24, 2.45) is 7.05 Å². The van der Waals surface area contributed by atoms with Gasteiger partial charge in [-0.25, -0.2) is 9.78 Å². The van der Waals surface area contributed by atoms with Gasteiger partial charge in [-0.3, -0.25) is 14.2 Å². The quantitative estimate of drug-likeness (QED) is 0.256. The van der Waals surface area contributed by atoms with E-state index in [0.29, 0.717) is 22.0 Å². The summed E-state index contributed by atoms with van der Waals surface area (Å²) in [4.78, 5) is 30.8. The molecule has 0 aliphatic carbocycles. The molecular weight excluding hydrogens is 450 g/mol. The number of benzene rings is 3. The van der Waals surface area contributed by atoms with E-state index in [2.05, 4.69) is 0 Å². The molecule has 0 unspecified atom stereocenters. The summed E-state index contributed by atoms with van der Waals surface area (Å²) < 4.78 is 9.56. The van der Waals surface area contributed by atoms with Crippen molar-refractivity contribution in [1.82, 2.24) is 14.3 Å². The van der Waals surface area contributed by atoms with Gasteiger partial charge in [0.05, 0.1) is 27.7 Å². The number of rotatable bonds is 4. The van der Waals surface area contributed by atoms with Crippen molar-refractivity contribution in [3.63, 3.8) is 0 Å². The van der Waals surface area contributed by atoms with Crippen LogP contribution in [-0.2, 0) is 7.05 Å². The van der Waals surface area contributed by atoms with Gasteiger partial charge < -0.3 is 4.74 Å². The third-order valence-corrected chi connectivity index (χ3v) is 6.09. The lowest BCUT2D eigenvalue weighted by molar-refractivity contribution is 0.0735. The van der Waals surface area contributed by atoms with Crippen LogP contribution in [0.4, 0.5) is 0 Å². The minimum absolute atomic E-state index is 0.212. The van der Waals surface area contributed by atoms with Crippen LogP contribution in [-0.4, -0.2) is 20.3 Å². The van der Waals surface area contributed by atoms with E-state index in [0.717, 1.165) is 11.4 Å². The summed E-state index contributed by atoms with van der Waals surface area (Å²) in [6.07, 6.45) is 0. The second-order valence-corrected chi connectivity index (χ2v) is 8.23. The number of hydrogen-bond acceptors (Lipinski definition) is 4. The molecule has 2 heterocycles. The summed E-state index contributed by atoms with van der Waals surface area (Å²) in [5.41, 5.74) is 3.82. The number of aromatic nitrogens is 3. The summed E-state index contributed by atoms with van der Waals surface area (Å²) in [7, 11) is 1.92. The number of halogens is 1. The standard InChI is InChI=1S/C27H20ClN3O3/c1-17-25-22(31(30(17)2)18-10-4-3-5-11-18)16-23(32)26(29-25)20-13-7-9-15-24(20)34-27(33)19-12-6-8-14-21(19)28/h3-16H,1-2H3. The number of carbonyl (C=O) groups is 1. The second kappa shape index (κ2) is 8.65. The molecule has 2 aliphatic heterocycles. The van der Waals surface area contributed by atoms with E-state index in [1.54, 1.807) is 54.6 Å². The number of hydrogen-bond donors (Lipinski definition) is 0. The highest BCUT2D eigenvalue weighted by Gasteiger charge is 2.24. The molecule has 0 aromatic heterocycles. The largest absolute Gasteiger partial charge is 0.422 e. The Balaban J connectivity index is 1.63. The third-order valence-electron chi connectivity index (χ3n) is 5.76. The van der Waals surface area contributed by atoms with Crippen LogP contribution in [0, 0.1) is 6.92 Å². The van der Waals surface area contributed by atoms with Crippen LogP contribution >= 0.6 is 11.6 Å². The molecule has 2 aliphatic rings. The van der Waals surface area contributed by atoms with Crippen LogP contribution in [0.15, 0.2) is 89.7 Å². The first kappa shape index (κ1) is 21.7. The molecule has 7 heteroatoms. The van der Waals surface area contributed by atoms with E-state index in [9.17, 15) is 9.59 Å². The number of ether oxygens (including phenoxy) is 1. The minimum Gasteiger partial charge on any atom is -0.422 e. The lowest BCUT2D eigenvalue weighted by atomic mass is 10.1. The Hall–Kier alpha value is -4.16. The molecule has 3 aromatic rings. The summed E-state index contributed by atoms with van der Waals surface area (Å²) in [6.45, 7) is 1.95. The molecule has 0 saturated heterocycles. The Labute approximate surface area is 201 Å². The zero-order chi connectivity index (χ0) is 23.8. The topological polar surface area (TPSA) is 66.1 Å². The van der Waals surface area contributed by atoms with E-state index >= 15 is 0 Å². The van der Waals surface area contributed by atoms with Gasteiger partial charge in [-0.05, 0) is 43.3 Å². The average molecular weight is 470 g/mol. The number of fused-ring (bicyclic) bond motifs is 1. The molecule has 34 heavy (non-hydrogen) atoms. The van der Waals surface area contributed by atoms with Gasteiger partial charge in [-0.1, -0.05) is 54.1 Å². The Morgan fingerprint density at radius 2 is 1.59 bits per heavy atom. The van der Waals surface area contributed by atoms with Crippen LogP contribution < -0.4 is 10.2 Å². The number of pyridine rings is 1. The fraction of sp³-hybridized carbons (Fsp3) is 0.0741. The third kappa shape index (κ3) is 3.68.